The Morgan fingerprint density at radius 1 is 1.42 bits per heavy atom. The second kappa shape index (κ2) is 2.47. The summed E-state index contributed by atoms with van der Waals surface area (Å²) in [6, 6.07) is 0. The molecule has 0 saturated carbocycles. The monoisotopic (exact) mass is 188 g/mol. The summed E-state index contributed by atoms with van der Waals surface area (Å²) in [7, 11) is 0. The van der Waals surface area contributed by atoms with Crippen LogP contribution in [0.25, 0.3) is 0 Å². The molecule has 3 heteroatoms. The molecular weight excluding hydrogens is 176 g/mol. The smallest absolute Gasteiger partial charge is 0.0954 e. The van der Waals surface area contributed by atoms with Gasteiger partial charge in [0.1, 0.15) is 0 Å². The molecule has 0 aromatic carbocycles. The molecule has 0 aliphatic carbocycles. The van der Waals surface area contributed by atoms with Crippen molar-refractivity contribution in [1.29, 1.82) is 0 Å². The normalized spacial score (nSPS) is 49.7. The number of ether oxygens (including phenoxy) is 1. The van der Waals surface area contributed by atoms with Crippen molar-refractivity contribution in [1.82, 2.24) is 0 Å². The standard InChI is InChI=1S/C9H13ClO2/c1-9(2)6-4-3-5(12-6)7(10)8(9)11/h3-8,11H,1-2H3. The van der Waals surface area contributed by atoms with Crippen LogP contribution >= 0.6 is 11.6 Å². The highest BCUT2D eigenvalue weighted by molar-refractivity contribution is 6.21. The van der Waals surface area contributed by atoms with Crippen LogP contribution in [0.2, 0.25) is 0 Å². The Kier molecular flexibility index (Phi) is 1.76. The molecule has 2 bridgehead atoms. The van der Waals surface area contributed by atoms with Gasteiger partial charge in [0.15, 0.2) is 0 Å². The summed E-state index contributed by atoms with van der Waals surface area (Å²) < 4.78 is 5.59. The lowest BCUT2D eigenvalue weighted by Gasteiger charge is -2.43. The lowest BCUT2D eigenvalue weighted by atomic mass is 9.78. The fourth-order valence-corrected chi connectivity index (χ4v) is 2.30. The van der Waals surface area contributed by atoms with E-state index in [4.69, 9.17) is 16.3 Å². The minimum Gasteiger partial charge on any atom is -0.391 e. The van der Waals surface area contributed by atoms with E-state index in [1.165, 1.54) is 0 Å². The zero-order chi connectivity index (χ0) is 8.93. The van der Waals surface area contributed by atoms with Crippen molar-refractivity contribution in [2.45, 2.75) is 37.5 Å². The third kappa shape index (κ3) is 0.951. The summed E-state index contributed by atoms with van der Waals surface area (Å²) in [4.78, 5) is 0. The molecule has 4 atom stereocenters. The largest absolute Gasteiger partial charge is 0.391 e. The molecule has 2 rings (SSSR count). The van der Waals surface area contributed by atoms with Crippen LogP contribution in [0.4, 0.5) is 0 Å². The van der Waals surface area contributed by atoms with Crippen LogP contribution in [-0.2, 0) is 4.74 Å². The van der Waals surface area contributed by atoms with Crippen molar-refractivity contribution in [3.05, 3.63) is 12.2 Å². The molecule has 0 spiro atoms. The van der Waals surface area contributed by atoms with E-state index < -0.39 is 6.10 Å². The van der Waals surface area contributed by atoms with Gasteiger partial charge in [-0.05, 0) is 0 Å². The van der Waals surface area contributed by atoms with Gasteiger partial charge in [-0.3, -0.25) is 0 Å². The molecule has 2 aliphatic heterocycles. The van der Waals surface area contributed by atoms with Crippen LogP contribution in [0.5, 0.6) is 0 Å². The highest BCUT2D eigenvalue weighted by Crippen LogP contribution is 2.42. The molecule has 4 unspecified atom stereocenters. The van der Waals surface area contributed by atoms with Crippen LogP contribution < -0.4 is 0 Å². The Balaban J connectivity index is 2.32. The molecule has 1 N–H and O–H groups in total. The van der Waals surface area contributed by atoms with Gasteiger partial charge in [-0.2, -0.15) is 0 Å². The number of rotatable bonds is 0. The molecule has 1 fully saturated rings. The summed E-state index contributed by atoms with van der Waals surface area (Å²) in [6.45, 7) is 3.95. The van der Waals surface area contributed by atoms with Gasteiger partial charge >= 0.3 is 0 Å². The molecule has 0 aromatic heterocycles. The summed E-state index contributed by atoms with van der Waals surface area (Å²) in [5.74, 6) is 0. The number of aliphatic hydroxyl groups is 1. The number of halogens is 1. The van der Waals surface area contributed by atoms with Crippen molar-refractivity contribution >= 4 is 11.6 Å². The van der Waals surface area contributed by atoms with Gasteiger partial charge in [0.25, 0.3) is 0 Å². The maximum absolute atomic E-state index is 9.83. The molecular formula is C9H13ClO2. The van der Waals surface area contributed by atoms with Gasteiger partial charge in [0.2, 0.25) is 0 Å². The van der Waals surface area contributed by atoms with Crippen molar-refractivity contribution in [3.63, 3.8) is 0 Å². The third-order valence-electron chi connectivity index (χ3n) is 2.89. The van der Waals surface area contributed by atoms with Gasteiger partial charge in [-0.1, -0.05) is 26.0 Å². The van der Waals surface area contributed by atoms with Crippen LogP contribution in [0.3, 0.4) is 0 Å². The van der Waals surface area contributed by atoms with Crippen molar-refractivity contribution < 1.29 is 9.84 Å². The Morgan fingerprint density at radius 3 is 2.75 bits per heavy atom. The second-order valence-corrected chi connectivity index (χ2v) is 4.62. The van der Waals surface area contributed by atoms with Crippen LogP contribution in [0.15, 0.2) is 12.2 Å². The van der Waals surface area contributed by atoms with Crippen LogP contribution in [0, 0.1) is 5.41 Å². The van der Waals surface area contributed by atoms with Crippen LogP contribution in [0.1, 0.15) is 13.8 Å². The van der Waals surface area contributed by atoms with Gasteiger partial charge in [0.05, 0.1) is 23.7 Å². The van der Waals surface area contributed by atoms with Crippen molar-refractivity contribution in [2.75, 3.05) is 0 Å². The molecule has 68 valence electrons. The van der Waals surface area contributed by atoms with E-state index in [1.807, 2.05) is 26.0 Å². The number of hydrogen-bond donors (Lipinski definition) is 1. The number of aliphatic hydroxyl groups excluding tert-OH is 1. The first-order valence-corrected chi connectivity index (χ1v) is 4.63. The predicted molar refractivity (Wildman–Crippen MR) is 47.2 cm³/mol. The molecule has 2 nitrogen and oxygen atoms in total. The van der Waals surface area contributed by atoms with E-state index >= 15 is 0 Å². The van der Waals surface area contributed by atoms with Gasteiger partial charge in [-0.25, -0.2) is 0 Å². The third-order valence-corrected chi connectivity index (χ3v) is 3.38. The Bertz CT molecular complexity index is 225. The Hall–Kier alpha value is -0.0500. The minimum absolute atomic E-state index is 0.0208. The highest BCUT2D eigenvalue weighted by atomic mass is 35.5. The number of fused-ring (bicyclic) bond motifs is 2. The van der Waals surface area contributed by atoms with E-state index in [1.54, 1.807) is 0 Å². The minimum atomic E-state index is -0.488. The molecule has 2 heterocycles. The highest BCUT2D eigenvalue weighted by Gasteiger charge is 2.50. The summed E-state index contributed by atoms with van der Waals surface area (Å²) in [6.07, 6.45) is 3.38. The summed E-state index contributed by atoms with van der Waals surface area (Å²) >= 11 is 6.02. The lowest BCUT2D eigenvalue weighted by Crippen LogP contribution is -2.53. The summed E-state index contributed by atoms with van der Waals surface area (Å²) in [5, 5.41) is 9.52. The maximum atomic E-state index is 9.83. The average molecular weight is 189 g/mol. The van der Waals surface area contributed by atoms with E-state index in [2.05, 4.69) is 0 Å². The zero-order valence-corrected chi connectivity index (χ0v) is 7.95. The molecule has 1 saturated heterocycles. The molecule has 2 aliphatic rings. The first-order valence-electron chi connectivity index (χ1n) is 4.19. The Morgan fingerprint density at radius 2 is 2.08 bits per heavy atom. The Labute approximate surface area is 77.2 Å². The van der Waals surface area contributed by atoms with Crippen molar-refractivity contribution in [2.24, 2.45) is 5.41 Å². The van der Waals surface area contributed by atoms with Gasteiger partial charge < -0.3 is 9.84 Å². The summed E-state index contributed by atoms with van der Waals surface area (Å²) in [5.41, 5.74) is -0.268. The van der Waals surface area contributed by atoms with Crippen molar-refractivity contribution in [3.8, 4) is 0 Å². The second-order valence-electron chi connectivity index (χ2n) is 4.12. The topological polar surface area (TPSA) is 29.5 Å². The first kappa shape index (κ1) is 8.54. The molecule has 0 radical (unpaired) electrons. The molecule has 0 amide bonds. The van der Waals surface area contributed by atoms with Gasteiger partial charge in [-0.15, -0.1) is 11.6 Å². The van der Waals surface area contributed by atoms with E-state index in [0.717, 1.165) is 0 Å². The maximum Gasteiger partial charge on any atom is 0.0954 e. The fraction of sp³-hybridized carbons (Fsp3) is 0.778. The number of hydrogen-bond acceptors (Lipinski definition) is 2. The molecule has 0 aromatic rings. The molecule has 12 heavy (non-hydrogen) atoms. The first-order chi connectivity index (χ1) is 5.53. The lowest BCUT2D eigenvalue weighted by molar-refractivity contribution is -0.124. The van der Waals surface area contributed by atoms with E-state index in [0.29, 0.717) is 0 Å². The zero-order valence-electron chi connectivity index (χ0n) is 7.20. The van der Waals surface area contributed by atoms with E-state index in [-0.39, 0.29) is 23.0 Å². The quantitative estimate of drug-likeness (QED) is 0.459. The average Bonchev–Trinajstić information content (AvgIpc) is 2.46. The fourth-order valence-electron chi connectivity index (χ4n) is 1.83. The SMILES string of the molecule is CC1(C)C2C=CC(O2)C(Cl)C1O. The van der Waals surface area contributed by atoms with Gasteiger partial charge in [0, 0.05) is 5.41 Å². The number of alkyl halides is 1. The van der Waals surface area contributed by atoms with Crippen LogP contribution in [-0.4, -0.2) is 28.8 Å². The van der Waals surface area contributed by atoms with E-state index in [9.17, 15) is 5.11 Å². The predicted octanol–water partition coefficient (Wildman–Crippen LogP) is 1.32.